The number of nitrogens with one attached hydrogen (secondary N) is 1. The maximum Gasteiger partial charge on any atom is 0.0623 e. The Kier molecular flexibility index (Phi) is 2.67. The molecular formula is C10H10N2S. The van der Waals surface area contributed by atoms with Crippen LogP contribution < -0.4 is 0 Å². The molecule has 0 unspecified atom stereocenters. The lowest BCUT2D eigenvalue weighted by molar-refractivity contribution is 1.09. The molecule has 0 spiro atoms. The van der Waals surface area contributed by atoms with Gasteiger partial charge in [-0.05, 0) is 5.56 Å². The minimum atomic E-state index is 1.00. The van der Waals surface area contributed by atoms with Crippen LogP contribution in [0.1, 0.15) is 5.56 Å². The fourth-order valence-electron chi connectivity index (χ4n) is 1.06. The second-order valence-electron chi connectivity index (χ2n) is 2.71. The zero-order chi connectivity index (χ0) is 8.93. The van der Waals surface area contributed by atoms with E-state index in [4.69, 9.17) is 0 Å². The van der Waals surface area contributed by atoms with Crippen molar-refractivity contribution in [3.63, 3.8) is 0 Å². The molecule has 0 aliphatic heterocycles. The first-order valence-electron chi connectivity index (χ1n) is 4.10. The van der Waals surface area contributed by atoms with Crippen LogP contribution in [0.5, 0.6) is 0 Å². The summed E-state index contributed by atoms with van der Waals surface area (Å²) in [5.74, 6) is 1.00. The van der Waals surface area contributed by atoms with Gasteiger partial charge in [0.1, 0.15) is 0 Å². The summed E-state index contributed by atoms with van der Waals surface area (Å²) in [5, 5.41) is 6.68. The summed E-state index contributed by atoms with van der Waals surface area (Å²) in [5.41, 5.74) is 1.34. The number of aromatic nitrogens is 2. The molecule has 0 bridgehead atoms. The third-order valence-electron chi connectivity index (χ3n) is 1.72. The first kappa shape index (κ1) is 8.38. The van der Waals surface area contributed by atoms with Crippen molar-refractivity contribution in [2.24, 2.45) is 0 Å². The molecule has 0 radical (unpaired) electrons. The highest BCUT2D eigenvalue weighted by Gasteiger charge is 1.95. The lowest BCUT2D eigenvalue weighted by atomic mass is 10.2. The molecule has 2 aromatic rings. The van der Waals surface area contributed by atoms with Gasteiger partial charge in [-0.1, -0.05) is 30.3 Å². The molecule has 1 aromatic carbocycles. The fraction of sp³-hybridized carbons (Fsp3) is 0.100. The maximum absolute atomic E-state index is 3.89. The number of H-pyrrole nitrogens is 1. The summed E-state index contributed by atoms with van der Waals surface area (Å²) in [4.78, 5) is 1.18. The van der Waals surface area contributed by atoms with Crippen LogP contribution in [0.2, 0.25) is 0 Å². The van der Waals surface area contributed by atoms with Crippen LogP contribution in [0.25, 0.3) is 0 Å². The molecule has 0 aliphatic rings. The SMILES string of the molecule is c1ccc(CSc2cn[nH]c2)cc1. The van der Waals surface area contributed by atoms with Gasteiger partial charge in [-0.15, -0.1) is 11.8 Å². The molecule has 0 fully saturated rings. The average Bonchev–Trinajstić information content (AvgIpc) is 2.69. The van der Waals surface area contributed by atoms with Gasteiger partial charge < -0.3 is 0 Å². The predicted octanol–water partition coefficient (Wildman–Crippen LogP) is 2.70. The van der Waals surface area contributed by atoms with Gasteiger partial charge in [-0.25, -0.2) is 0 Å². The number of nitrogens with zero attached hydrogens (tertiary/aromatic N) is 1. The summed E-state index contributed by atoms with van der Waals surface area (Å²) in [6.07, 6.45) is 3.75. The molecule has 0 atom stereocenters. The third kappa shape index (κ3) is 2.36. The monoisotopic (exact) mass is 190 g/mol. The number of rotatable bonds is 3. The van der Waals surface area contributed by atoms with Crippen LogP contribution in [0.15, 0.2) is 47.6 Å². The van der Waals surface area contributed by atoms with Gasteiger partial charge in [0, 0.05) is 16.8 Å². The van der Waals surface area contributed by atoms with E-state index in [0.29, 0.717) is 0 Å². The smallest absolute Gasteiger partial charge is 0.0623 e. The number of hydrogen-bond donors (Lipinski definition) is 1. The molecule has 0 aliphatic carbocycles. The summed E-state index contributed by atoms with van der Waals surface area (Å²) < 4.78 is 0. The molecule has 1 aromatic heterocycles. The van der Waals surface area contributed by atoms with Crippen molar-refractivity contribution in [2.75, 3.05) is 0 Å². The molecule has 13 heavy (non-hydrogen) atoms. The topological polar surface area (TPSA) is 28.7 Å². The minimum Gasteiger partial charge on any atom is -0.285 e. The standard InChI is InChI=1S/C10H10N2S/c1-2-4-9(5-3-1)8-13-10-6-11-12-7-10/h1-7H,8H2,(H,11,12). The lowest BCUT2D eigenvalue weighted by Gasteiger charge is -1.97. The predicted molar refractivity (Wildman–Crippen MR) is 54.6 cm³/mol. The van der Waals surface area contributed by atoms with E-state index in [-0.39, 0.29) is 0 Å². The second-order valence-corrected chi connectivity index (χ2v) is 3.76. The van der Waals surface area contributed by atoms with Crippen molar-refractivity contribution in [2.45, 2.75) is 10.6 Å². The van der Waals surface area contributed by atoms with Crippen LogP contribution >= 0.6 is 11.8 Å². The first-order chi connectivity index (χ1) is 6.45. The van der Waals surface area contributed by atoms with E-state index in [0.717, 1.165) is 5.75 Å². The maximum atomic E-state index is 3.89. The Morgan fingerprint density at radius 3 is 2.77 bits per heavy atom. The van der Waals surface area contributed by atoms with Crippen molar-refractivity contribution in [3.8, 4) is 0 Å². The second kappa shape index (κ2) is 4.14. The van der Waals surface area contributed by atoms with Crippen LogP contribution in [-0.4, -0.2) is 10.2 Å². The molecule has 1 N–H and O–H groups in total. The highest BCUT2D eigenvalue weighted by molar-refractivity contribution is 7.98. The Hall–Kier alpha value is -1.22. The zero-order valence-electron chi connectivity index (χ0n) is 7.10. The first-order valence-corrected chi connectivity index (χ1v) is 5.09. The Bertz CT molecular complexity index is 342. The van der Waals surface area contributed by atoms with E-state index in [1.54, 1.807) is 11.8 Å². The van der Waals surface area contributed by atoms with Crippen LogP contribution in [0, 0.1) is 0 Å². The zero-order valence-corrected chi connectivity index (χ0v) is 7.92. The molecule has 0 saturated carbocycles. The van der Waals surface area contributed by atoms with E-state index < -0.39 is 0 Å². The van der Waals surface area contributed by atoms with Gasteiger partial charge >= 0.3 is 0 Å². The van der Waals surface area contributed by atoms with Gasteiger partial charge in [0.25, 0.3) is 0 Å². The van der Waals surface area contributed by atoms with Crippen molar-refractivity contribution in [3.05, 3.63) is 48.3 Å². The molecular weight excluding hydrogens is 180 g/mol. The van der Waals surface area contributed by atoms with E-state index >= 15 is 0 Å². The van der Waals surface area contributed by atoms with Crippen LogP contribution in [-0.2, 0) is 5.75 Å². The number of hydrogen-bond acceptors (Lipinski definition) is 2. The van der Waals surface area contributed by atoms with E-state index in [1.807, 2.05) is 18.5 Å². The number of thioether (sulfide) groups is 1. The van der Waals surface area contributed by atoms with Crippen molar-refractivity contribution < 1.29 is 0 Å². The summed E-state index contributed by atoms with van der Waals surface area (Å²) >= 11 is 1.79. The largest absolute Gasteiger partial charge is 0.285 e. The fourth-order valence-corrected chi connectivity index (χ4v) is 1.85. The highest BCUT2D eigenvalue weighted by Crippen LogP contribution is 2.20. The minimum absolute atomic E-state index is 1.00. The molecule has 3 heteroatoms. The van der Waals surface area contributed by atoms with Gasteiger partial charge in [0.15, 0.2) is 0 Å². The third-order valence-corrected chi connectivity index (χ3v) is 2.76. The molecule has 2 nitrogen and oxygen atoms in total. The summed E-state index contributed by atoms with van der Waals surface area (Å²) in [7, 11) is 0. The van der Waals surface area contributed by atoms with Gasteiger partial charge in [0.05, 0.1) is 6.20 Å². The molecule has 66 valence electrons. The number of benzene rings is 1. The van der Waals surface area contributed by atoms with Gasteiger partial charge in [-0.3, -0.25) is 5.10 Å². The number of aromatic amines is 1. The van der Waals surface area contributed by atoms with Gasteiger partial charge in [0.2, 0.25) is 0 Å². The lowest BCUT2D eigenvalue weighted by Crippen LogP contribution is -1.77. The normalized spacial score (nSPS) is 10.2. The average molecular weight is 190 g/mol. The van der Waals surface area contributed by atoms with Gasteiger partial charge in [-0.2, -0.15) is 5.10 Å². The molecule has 0 amide bonds. The van der Waals surface area contributed by atoms with Crippen molar-refractivity contribution in [1.29, 1.82) is 0 Å². The Morgan fingerprint density at radius 2 is 2.08 bits per heavy atom. The van der Waals surface area contributed by atoms with Crippen molar-refractivity contribution in [1.82, 2.24) is 10.2 Å². The molecule has 0 saturated heterocycles. The van der Waals surface area contributed by atoms with E-state index in [1.165, 1.54) is 10.5 Å². The quantitative estimate of drug-likeness (QED) is 0.754. The van der Waals surface area contributed by atoms with E-state index in [2.05, 4.69) is 34.5 Å². The highest BCUT2D eigenvalue weighted by atomic mass is 32.2. The Morgan fingerprint density at radius 1 is 1.23 bits per heavy atom. The molecule has 2 rings (SSSR count). The van der Waals surface area contributed by atoms with E-state index in [9.17, 15) is 0 Å². The Balaban J connectivity index is 1.94. The van der Waals surface area contributed by atoms with Crippen LogP contribution in [0.3, 0.4) is 0 Å². The van der Waals surface area contributed by atoms with Crippen LogP contribution in [0.4, 0.5) is 0 Å². The summed E-state index contributed by atoms with van der Waals surface area (Å²) in [6, 6.07) is 10.4. The summed E-state index contributed by atoms with van der Waals surface area (Å²) in [6.45, 7) is 0. The van der Waals surface area contributed by atoms with Crippen molar-refractivity contribution >= 4 is 11.8 Å². The molecule has 1 heterocycles. The Labute approximate surface area is 81.4 Å².